The highest BCUT2D eigenvalue weighted by atomic mass is 14.8. The van der Waals surface area contributed by atoms with Crippen LogP contribution in [0, 0.1) is 11.3 Å². The second kappa shape index (κ2) is 2.47. The standard InChI is InChI=1S/C11H21N/c1-3-10(2)7-9(10)8-11(12)5-4-6-11/h9H,3-8,12H2,1-2H3. The molecule has 2 rings (SSSR count). The molecule has 2 saturated carbocycles. The molecule has 0 aromatic rings. The molecule has 0 radical (unpaired) electrons. The second-order valence-corrected chi connectivity index (χ2v) is 5.33. The fraction of sp³-hybridized carbons (Fsp3) is 1.00. The summed E-state index contributed by atoms with van der Waals surface area (Å²) in [5.74, 6) is 0.952. The summed E-state index contributed by atoms with van der Waals surface area (Å²) in [5.41, 5.74) is 7.15. The molecule has 0 saturated heterocycles. The molecule has 0 aliphatic heterocycles. The average Bonchev–Trinajstić information content (AvgIpc) is 2.60. The van der Waals surface area contributed by atoms with E-state index < -0.39 is 0 Å². The molecule has 2 N–H and O–H groups in total. The van der Waals surface area contributed by atoms with Crippen LogP contribution in [0.25, 0.3) is 0 Å². The Labute approximate surface area is 75.7 Å². The van der Waals surface area contributed by atoms with Crippen LogP contribution in [0.3, 0.4) is 0 Å². The SMILES string of the molecule is CCC1(C)CC1CC1(N)CCC1. The van der Waals surface area contributed by atoms with Gasteiger partial charge in [-0.1, -0.05) is 20.3 Å². The molecular weight excluding hydrogens is 146 g/mol. The van der Waals surface area contributed by atoms with Crippen molar-refractivity contribution in [2.45, 2.75) is 57.9 Å². The molecule has 12 heavy (non-hydrogen) atoms. The molecule has 70 valence electrons. The first kappa shape index (κ1) is 8.55. The summed E-state index contributed by atoms with van der Waals surface area (Å²) in [6, 6.07) is 0. The molecule has 0 bridgehead atoms. The van der Waals surface area contributed by atoms with Crippen LogP contribution < -0.4 is 5.73 Å². The zero-order valence-corrected chi connectivity index (χ0v) is 8.40. The minimum Gasteiger partial charge on any atom is -0.325 e. The van der Waals surface area contributed by atoms with E-state index in [1.165, 1.54) is 38.5 Å². The van der Waals surface area contributed by atoms with Crippen molar-refractivity contribution in [2.24, 2.45) is 17.1 Å². The Morgan fingerprint density at radius 3 is 2.42 bits per heavy atom. The Hall–Kier alpha value is -0.0400. The highest BCUT2D eigenvalue weighted by Gasteiger charge is 2.51. The third-order valence-corrected chi connectivity index (χ3v) is 4.35. The summed E-state index contributed by atoms with van der Waals surface area (Å²) >= 11 is 0. The van der Waals surface area contributed by atoms with Gasteiger partial charge in [-0.15, -0.1) is 0 Å². The summed E-state index contributed by atoms with van der Waals surface area (Å²) in [6.07, 6.45) is 8.01. The Kier molecular flexibility index (Phi) is 1.76. The summed E-state index contributed by atoms with van der Waals surface area (Å²) in [4.78, 5) is 0. The highest BCUT2D eigenvalue weighted by Crippen LogP contribution is 2.59. The Morgan fingerprint density at radius 2 is 2.08 bits per heavy atom. The van der Waals surface area contributed by atoms with Gasteiger partial charge >= 0.3 is 0 Å². The lowest BCUT2D eigenvalue weighted by molar-refractivity contribution is 0.209. The predicted molar refractivity (Wildman–Crippen MR) is 51.9 cm³/mol. The van der Waals surface area contributed by atoms with Crippen LogP contribution in [-0.2, 0) is 0 Å². The monoisotopic (exact) mass is 167 g/mol. The van der Waals surface area contributed by atoms with E-state index in [0.717, 1.165) is 5.92 Å². The van der Waals surface area contributed by atoms with E-state index in [-0.39, 0.29) is 5.54 Å². The van der Waals surface area contributed by atoms with Crippen molar-refractivity contribution in [3.05, 3.63) is 0 Å². The van der Waals surface area contributed by atoms with Gasteiger partial charge in [-0.25, -0.2) is 0 Å². The first-order valence-corrected chi connectivity index (χ1v) is 5.37. The molecule has 2 aliphatic rings. The molecule has 2 aliphatic carbocycles. The number of nitrogens with two attached hydrogens (primary N) is 1. The lowest BCUT2D eigenvalue weighted by atomic mass is 9.73. The van der Waals surface area contributed by atoms with E-state index in [4.69, 9.17) is 5.73 Å². The molecule has 0 spiro atoms. The molecule has 0 aromatic carbocycles. The zero-order valence-electron chi connectivity index (χ0n) is 8.40. The van der Waals surface area contributed by atoms with Gasteiger partial charge in [0.05, 0.1) is 0 Å². The molecule has 2 atom stereocenters. The molecule has 0 aromatic heterocycles. The first-order valence-electron chi connectivity index (χ1n) is 5.37. The fourth-order valence-corrected chi connectivity index (χ4v) is 2.58. The molecule has 0 heterocycles. The van der Waals surface area contributed by atoms with Crippen LogP contribution in [0.15, 0.2) is 0 Å². The summed E-state index contributed by atoms with van der Waals surface area (Å²) < 4.78 is 0. The molecular formula is C11H21N. The van der Waals surface area contributed by atoms with Crippen molar-refractivity contribution in [1.82, 2.24) is 0 Å². The van der Waals surface area contributed by atoms with Crippen LogP contribution in [0.4, 0.5) is 0 Å². The first-order chi connectivity index (χ1) is 5.58. The van der Waals surface area contributed by atoms with Gasteiger partial charge in [0.2, 0.25) is 0 Å². The maximum Gasteiger partial charge on any atom is 0.0157 e. The van der Waals surface area contributed by atoms with Crippen LogP contribution >= 0.6 is 0 Å². The molecule has 0 amide bonds. The summed E-state index contributed by atoms with van der Waals surface area (Å²) in [5, 5.41) is 0. The maximum absolute atomic E-state index is 6.22. The van der Waals surface area contributed by atoms with E-state index >= 15 is 0 Å². The highest BCUT2D eigenvalue weighted by molar-refractivity contribution is 5.05. The van der Waals surface area contributed by atoms with Crippen molar-refractivity contribution in [1.29, 1.82) is 0 Å². The van der Waals surface area contributed by atoms with Crippen molar-refractivity contribution < 1.29 is 0 Å². The van der Waals surface area contributed by atoms with E-state index in [2.05, 4.69) is 13.8 Å². The molecule has 2 fully saturated rings. The average molecular weight is 167 g/mol. The molecule has 1 heteroatoms. The summed E-state index contributed by atoms with van der Waals surface area (Å²) in [6.45, 7) is 4.73. The van der Waals surface area contributed by atoms with Gasteiger partial charge in [0.1, 0.15) is 0 Å². The van der Waals surface area contributed by atoms with Crippen molar-refractivity contribution in [2.75, 3.05) is 0 Å². The topological polar surface area (TPSA) is 26.0 Å². The van der Waals surface area contributed by atoms with Gasteiger partial charge in [-0.3, -0.25) is 0 Å². The minimum absolute atomic E-state index is 0.262. The quantitative estimate of drug-likeness (QED) is 0.687. The van der Waals surface area contributed by atoms with Gasteiger partial charge in [-0.2, -0.15) is 0 Å². The predicted octanol–water partition coefficient (Wildman–Crippen LogP) is 2.69. The fourth-order valence-electron chi connectivity index (χ4n) is 2.58. The van der Waals surface area contributed by atoms with Crippen molar-refractivity contribution in [3.63, 3.8) is 0 Å². The molecule has 2 unspecified atom stereocenters. The minimum atomic E-state index is 0.262. The Balaban J connectivity index is 1.82. The number of rotatable bonds is 3. The number of hydrogen-bond acceptors (Lipinski definition) is 1. The number of hydrogen-bond donors (Lipinski definition) is 1. The van der Waals surface area contributed by atoms with Gasteiger partial charge < -0.3 is 5.73 Å². The van der Waals surface area contributed by atoms with Gasteiger partial charge in [0.15, 0.2) is 0 Å². The normalized spacial score (nSPS) is 43.8. The van der Waals surface area contributed by atoms with Gasteiger partial charge in [0.25, 0.3) is 0 Å². The van der Waals surface area contributed by atoms with E-state index in [1.807, 2.05) is 0 Å². The van der Waals surface area contributed by atoms with Gasteiger partial charge in [0, 0.05) is 5.54 Å². The third kappa shape index (κ3) is 1.28. The van der Waals surface area contributed by atoms with Crippen molar-refractivity contribution in [3.8, 4) is 0 Å². The van der Waals surface area contributed by atoms with E-state index in [0.29, 0.717) is 5.41 Å². The smallest absolute Gasteiger partial charge is 0.0157 e. The molecule has 1 nitrogen and oxygen atoms in total. The second-order valence-electron chi connectivity index (χ2n) is 5.33. The van der Waals surface area contributed by atoms with Crippen LogP contribution in [-0.4, -0.2) is 5.54 Å². The maximum atomic E-state index is 6.22. The largest absolute Gasteiger partial charge is 0.325 e. The Bertz CT molecular complexity index is 183. The van der Waals surface area contributed by atoms with Crippen LogP contribution in [0.1, 0.15) is 52.4 Å². The Morgan fingerprint density at radius 1 is 1.42 bits per heavy atom. The van der Waals surface area contributed by atoms with Crippen LogP contribution in [0.2, 0.25) is 0 Å². The lowest BCUT2D eigenvalue weighted by Crippen LogP contribution is -2.47. The van der Waals surface area contributed by atoms with Crippen LogP contribution in [0.5, 0.6) is 0 Å². The van der Waals surface area contributed by atoms with Crippen molar-refractivity contribution >= 4 is 0 Å². The third-order valence-electron chi connectivity index (χ3n) is 4.35. The lowest BCUT2D eigenvalue weighted by Gasteiger charge is -2.38. The summed E-state index contributed by atoms with van der Waals surface area (Å²) in [7, 11) is 0. The van der Waals surface area contributed by atoms with Gasteiger partial charge in [-0.05, 0) is 43.4 Å². The van der Waals surface area contributed by atoms with E-state index in [9.17, 15) is 0 Å². The zero-order chi connectivity index (χ0) is 8.82. The van der Waals surface area contributed by atoms with E-state index in [1.54, 1.807) is 0 Å².